The molecule has 0 saturated heterocycles. The van der Waals surface area contributed by atoms with Crippen LogP contribution in [0.3, 0.4) is 0 Å². The van der Waals surface area contributed by atoms with Crippen LogP contribution in [0.25, 0.3) is 0 Å². The number of nitrogens with zero attached hydrogens (tertiary/aromatic N) is 1. The van der Waals surface area contributed by atoms with E-state index >= 15 is 0 Å². The van der Waals surface area contributed by atoms with Crippen molar-refractivity contribution in [2.45, 2.75) is 37.0 Å². The highest BCUT2D eigenvalue weighted by Crippen LogP contribution is 2.26. The molecule has 0 unspecified atom stereocenters. The smallest absolute Gasteiger partial charge is 0.242 e. The lowest BCUT2D eigenvalue weighted by atomic mass is 9.89. The lowest BCUT2D eigenvalue weighted by Crippen LogP contribution is -2.32. The van der Waals surface area contributed by atoms with E-state index in [1.807, 2.05) is 0 Å². The maximum absolute atomic E-state index is 12.4. The summed E-state index contributed by atoms with van der Waals surface area (Å²) in [6.07, 6.45) is 5.88. The first-order valence-electron chi connectivity index (χ1n) is 6.75. The fourth-order valence-electron chi connectivity index (χ4n) is 2.66. The zero-order valence-corrected chi connectivity index (χ0v) is 12.1. The number of hydrogen-bond acceptors (Lipinski definition) is 3. The summed E-state index contributed by atoms with van der Waals surface area (Å²) in [5.41, 5.74) is 0. The predicted molar refractivity (Wildman–Crippen MR) is 74.5 cm³/mol. The van der Waals surface area contributed by atoms with Crippen LogP contribution < -0.4 is 0 Å². The number of sulfonamides is 1. The maximum Gasteiger partial charge on any atom is 0.242 e. The van der Waals surface area contributed by atoms with Crippen LogP contribution in [-0.2, 0) is 10.0 Å². The Morgan fingerprint density at radius 2 is 1.95 bits per heavy atom. The second-order valence-corrected chi connectivity index (χ2v) is 7.33. The van der Waals surface area contributed by atoms with Gasteiger partial charge in [0.25, 0.3) is 0 Å². The summed E-state index contributed by atoms with van der Waals surface area (Å²) in [6.45, 7) is 0.567. The molecule has 4 nitrogen and oxygen atoms in total. The molecule has 0 aliphatic heterocycles. The minimum absolute atomic E-state index is 0.0212. The molecule has 1 saturated carbocycles. The minimum Gasteiger partial charge on any atom is -0.508 e. The van der Waals surface area contributed by atoms with Gasteiger partial charge in [0, 0.05) is 13.6 Å². The number of hydrogen-bond donors (Lipinski definition) is 1. The molecule has 0 amide bonds. The van der Waals surface area contributed by atoms with E-state index in [0.717, 1.165) is 12.8 Å². The average Bonchev–Trinajstić information content (AvgIpc) is 2.40. The molecule has 0 aromatic heterocycles. The summed E-state index contributed by atoms with van der Waals surface area (Å²) >= 11 is 0. The zero-order valence-electron chi connectivity index (χ0n) is 11.2. The van der Waals surface area contributed by atoms with Crippen molar-refractivity contribution in [3.05, 3.63) is 24.3 Å². The van der Waals surface area contributed by atoms with E-state index in [0.29, 0.717) is 12.5 Å². The van der Waals surface area contributed by atoms with Gasteiger partial charge in [-0.2, -0.15) is 0 Å². The normalized spacial score (nSPS) is 17.8. The van der Waals surface area contributed by atoms with Crippen LogP contribution in [0, 0.1) is 5.92 Å². The first-order chi connectivity index (χ1) is 9.00. The van der Waals surface area contributed by atoms with Gasteiger partial charge in [-0.05, 0) is 37.0 Å². The van der Waals surface area contributed by atoms with Crippen molar-refractivity contribution in [3.8, 4) is 5.75 Å². The molecular formula is C14H21NO3S. The van der Waals surface area contributed by atoms with Crippen molar-refractivity contribution in [1.29, 1.82) is 0 Å². The maximum atomic E-state index is 12.4. The fourth-order valence-corrected chi connectivity index (χ4v) is 3.94. The van der Waals surface area contributed by atoms with Crippen LogP contribution in [0.5, 0.6) is 5.75 Å². The Labute approximate surface area is 115 Å². The van der Waals surface area contributed by atoms with Gasteiger partial charge in [-0.15, -0.1) is 0 Å². The van der Waals surface area contributed by atoms with Crippen molar-refractivity contribution in [1.82, 2.24) is 4.31 Å². The first-order valence-corrected chi connectivity index (χ1v) is 8.19. The molecule has 19 heavy (non-hydrogen) atoms. The summed E-state index contributed by atoms with van der Waals surface area (Å²) in [5.74, 6) is 0.443. The molecule has 0 bridgehead atoms. The van der Waals surface area contributed by atoms with E-state index < -0.39 is 10.0 Å². The van der Waals surface area contributed by atoms with E-state index in [9.17, 15) is 13.5 Å². The van der Waals surface area contributed by atoms with E-state index in [1.54, 1.807) is 13.1 Å². The standard InChI is InChI=1S/C14H21NO3S/c1-15(11-12-6-3-2-4-7-12)19(17,18)14-9-5-8-13(16)10-14/h5,8-10,12,16H,2-4,6-7,11H2,1H3. The highest BCUT2D eigenvalue weighted by atomic mass is 32.2. The van der Waals surface area contributed by atoms with Crippen molar-refractivity contribution >= 4 is 10.0 Å². The first kappa shape index (κ1) is 14.3. The fraction of sp³-hybridized carbons (Fsp3) is 0.571. The Morgan fingerprint density at radius 3 is 2.58 bits per heavy atom. The monoisotopic (exact) mass is 283 g/mol. The van der Waals surface area contributed by atoms with Gasteiger partial charge in [0.1, 0.15) is 5.75 Å². The van der Waals surface area contributed by atoms with Crippen LogP contribution in [0.4, 0.5) is 0 Å². The van der Waals surface area contributed by atoms with Gasteiger partial charge in [-0.1, -0.05) is 25.3 Å². The second-order valence-electron chi connectivity index (χ2n) is 5.29. The Balaban J connectivity index is 2.10. The Morgan fingerprint density at radius 1 is 1.26 bits per heavy atom. The van der Waals surface area contributed by atoms with Gasteiger partial charge in [-0.3, -0.25) is 0 Å². The summed E-state index contributed by atoms with van der Waals surface area (Å²) < 4.78 is 26.2. The molecular weight excluding hydrogens is 262 g/mol. The number of rotatable bonds is 4. The molecule has 0 spiro atoms. The van der Waals surface area contributed by atoms with Crippen molar-refractivity contribution in [2.24, 2.45) is 5.92 Å². The van der Waals surface area contributed by atoms with Gasteiger partial charge in [0.2, 0.25) is 10.0 Å². The van der Waals surface area contributed by atoms with Crippen molar-refractivity contribution in [3.63, 3.8) is 0 Å². The van der Waals surface area contributed by atoms with Gasteiger partial charge < -0.3 is 5.11 Å². The third-order valence-electron chi connectivity index (χ3n) is 3.77. The van der Waals surface area contributed by atoms with Gasteiger partial charge in [0.15, 0.2) is 0 Å². The van der Waals surface area contributed by atoms with Crippen LogP contribution in [0.1, 0.15) is 32.1 Å². The summed E-state index contributed by atoms with van der Waals surface area (Å²) in [6, 6.07) is 5.84. The molecule has 1 aromatic rings. The van der Waals surface area contributed by atoms with Gasteiger partial charge in [-0.25, -0.2) is 12.7 Å². The van der Waals surface area contributed by atoms with Crippen LogP contribution in [0.15, 0.2) is 29.2 Å². The van der Waals surface area contributed by atoms with E-state index in [4.69, 9.17) is 0 Å². The lowest BCUT2D eigenvalue weighted by molar-refractivity contribution is 0.300. The van der Waals surface area contributed by atoms with Crippen LogP contribution in [-0.4, -0.2) is 31.4 Å². The summed E-state index contributed by atoms with van der Waals surface area (Å²) in [5, 5.41) is 9.40. The minimum atomic E-state index is -3.49. The van der Waals surface area contributed by atoms with Gasteiger partial charge >= 0.3 is 0 Å². The summed E-state index contributed by atoms with van der Waals surface area (Å²) in [4.78, 5) is 0.158. The average molecular weight is 283 g/mol. The molecule has 1 aliphatic carbocycles. The molecule has 106 valence electrons. The number of benzene rings is 1. The quantitative estimate of drug-likeness (QED) is 0.924. The Kier molecular flexibility index (Phi) is 4.47. The third kappa shape index (κ3) is 3.48. The Bertz CT molecular complexity index is 521. The van der Waals surface area contributed by atoms with E-state index in [2.05, 4.69) is 0 Å². The molecule has 0 atom stereocenters. The largest absolute Gasteiger partial charge is 0.508 e. The highest BCUT2D eigenvalue weighted by Gasteiger charge is 2.24. The van der Waals surface area contributed by atoms with Gasteiger partial charge in [0.05, 0.1) is 4.90 Å². The van der Waals surface area contributed by atoms with Crippen molar-refractivity contribution in [2.75, 3.05) is 13.6 Å². The SMILES string of the molecule is CN(CC1CCCCC1)S(=O)(=O)c1cccc(O)c1. The number of phenols is 1. The summed E-state index contributed by atoms with van der Waals surface area (Å²) in [7, 11) is -1.87. The molecule has 2 rings (SSSR count). The molecule has 0 heterocycles. The predicted octanol–water partition coefficient (Wildman–Crippen LogP) is 2.59. The molecule has 1 fully saturated rings. The van der Waals surface area contributed by atoms with E-state index in [-0.39, 0.29) is 10.6 Å². The lowest BCUT2D eigenvalue weighted by Gasteiger charge is -2.26. The topological polar surface area (TPSA) is 57.6 Å². The van der Waals surface area contributed by atoms with Crippen LogP contribution in [0.2, 0.25) is 0 Å². The zero-order chi connectivity index (χ0) is 13.9. The molecule has 5 heteroatoms. The van der Waals surface area contributed by atoms with E-state index in [1.165, 1.54) is 41.8 Å². The highest BCUT2D eigenvalue weighted by molar-refractivity contribution is 7.89. The Hall–Kier alpha value is -1.07. The second kappa shape index (κ2) is 5.92. The molecule has 1 aromatic carbocycles. The molecule has 0 radical (unpaired) electrons. The third-order valence-corrected chi connectivity index (χ3v) is 5.59. The van der Waals surface area contributed by atoms with Crippen molar-refractivity contribution < 1.29 is 13.5 Å². The molecule has 1 N–H and O–H groups in total. The number of aromatic hydroxyl groups is 1. The number of phenolic OH excluding ortho intramolecular Hbond substituents is 1. The molecule has 1 aliphatic rings. The van der Waals surface area contributed by atoms with Crippen LogP contribution >= 0.6 is 0 Å².